The molecule has 2 aromatic rings. The van der Waals surface area contributed by atoms with Crippen LogP contribution in [0.1, 0.15) is 51.8 Å². The minimum atomic E-state index is 0.745. The van der Waals surface area contributed by atoms with Gasteiger partial charge in [0.25, 0.3) is 0 Å². The van der Waals surface area contributed by atoms with Crippen LogP contribution in [0.25, 0.3) is 17.7 Å². The molecule has 2 aromatic carbocycles. The Labute approximate surface area is 186 Å². The lowest BCUT2D eigenvalue weighted by Gasteiger charge is -2.27. The van der Waals surface area contributed by atoms with E-state index in [9.17, 15) is 5.26 Å². The van der Waals surface area contributed by atoms with Gasteiger partial charge in [-0.15, -0.1) is 0 Å². The molecule has 0 N–H and O–H groups in total. The van der Waals surface area contributed by atoms with E-state index >= 15 is 0 Å². The van der Waals surface area contributed by atoms with Crippen LogP contribution in [0.3, 0.4) is 0 Å². The Morgan fingerprint density at radius 2 is 1.84 bits per heavy atom. The van der Waals surface area contributed by atoms with Gasteiger partial charge >= 0.3 is 0 Å². The molecule has 31 heavy (non-hydrogen) atoms. The van der Waals surface area contributed by atoms with Crippen LogP contribution in [-0.4, -0.2) is 31.2 Å². The van der Waals surface area contributed by atoms with Crippen molar-refractivity contribution in [3.05, 3.63) is 87.5 Å². The summed E-state index contributed by atoms with van der Waals surface area (Å²) in [6.45, 7) is 8.98. The first-order chi connectivity index (χ1) is 15.2. The molecule has 0 radical (unpaired) electrons. The number of morpholine rings is 1. The zero-order valence-electron chi connectivity index (χ0n) is 18.5. The van der Waals surface area contributed by atoms with Gasteiger partial charge in [0.2, 0.25) is 0 Å². The van der Waals surface area contributed by atoms with E-state index in [1.165, 1.54) is 22.3 Å². The largest absolute Gasteiger partial charge is 0.379 e. The smallest absolute Gasteiger partial charge is 0.100 e. The summed E-state index contributed by atoms with van der Waals surface area (Å²) in [4.78, 5) is 2.46. The molecule has 1 aliphatic carbocycles. The fraction of sp³-hybridized carbons (Fsp3) is 0.321. The van der Waals surface area contributed by atoms with Gasteiger partial charge in [0.05, 0.1) is 18.8 Å². The van der Waals surface area contributed by atoms with Gasteiger partial charge in [-0.1, -0.05) is 60.7 Å². The molecule has 1 fully saturated rings. The highest BCUT2D eigenvalue weighted by atomic mass is 16.5. The van der Waals surface area contributed by atoms with Crippen LogP contribution in [0, 0.1) is 25.2 Å². The van der Waals surface area contributed by atoms with Crippen LogP contribution in [0.5, 0.6) is 0 Å². The number of rotatable bonds is 5. The molecule has 2 aliphatic rings. The molecule has 0 bridgehead atoms. The van der Waals surface area contributed by atoms with Gasteiger partial charge in [-0.3, -0.25) is 4.90 Å². The van der Waals surface area contributed by atoms with E-state index in [1.807, 2.05) is 18.2 Å². The van der Waals surface area contributed by atoms with E-state index in [0.29, 0.717) is 0 Å². The number of aryl methyl sites for hydroxylation is 2. The van der Waals surface area contributed by atoms with Crippen molar-refractivity contribution in [1.29, 1.82) is 5.26 Å². The predicted octanol–water partition coefficient (Wildman–Crippen LogP) is 5.91. The van der Waals surface area contributed by atoms with Crippen molar-refractivity contribution in [2.24, 2.45) is 0 Å². The second-order valence-corrected chi connectivity index (χ2v) is 8.38. The van der Waals surface area contributed by atoms with Gasteiger partial charge in [0.15, 0.2) is 0 Å². The van der Waals surface area contributed by atoms with Crippen LogP contribution >= 0.6 is 0 Å². The van der Waals surface area contributed by atoms with Crippen molar-refractivity contribution in [2.75, 3.05) is 26.3 Å². The molecule has 0 aromatic heterocycles. The van der Waals surface area contributed by atoms with Crippen molar-refractivity contribution in [3.63, 3.8) is 0 Å². The Morgan fingerprint density at radius 1 is 1.03 bits per heavy atom. The first kappa shape index (κ1) is 21.3. The second kappa shape index (κ2) is 9.92. The van der Waals surface area contributed by atoms with Crippen molar-refractivity contribution in [2.45, 2.75) is 33.2 Å². The average molecular weight is 411 g/mol. The summed E-state index contributed by atoms with van der Waals surface area (Å²) < 4.78 is 5.47. The van der Waals surface area contributed by atoms with E-state index in [2.05, 4.69) is 67.3 Å². The zero-order valence-corrected chi connectivity index (χ0v) is 18.5. The van der Waals surface area contributed by atoms with Gasteiger partial charge in [-0.25, -0.2) is 0 Å². The minimum Gasteiger partial charge on any atom is -0.379 e. The second-order valence-electron chi connectivity index (χ2n) is 8.38. The molecule has 0 spiro atoms. The van der Waals surface area contributed by atoms with Crippen molar-refractivity contribution < 1.29 is 4.74 Å². The highest BCUT2D eigenvalue weighted by Gasteiger charge is 2.13. The number of benzene rings is 2. The molecule has 3 heteroatoms. The van der Waals surface area contributed by atoms with E-state index in [4.69, 9.17) is 4.74 Å². The zero-order chi connectivity index (χ0) is 21.6. The highest BCUT2D eigenvalue weighted by Crippen LogP contribution is 2.28. The molecule has 1 saturated heterocycles. The SMILES string of the molecule is Cc1cc(CN2CCOCC2)c(C)cc1/C=C/c1cccc(C2=CCCC=C2)c1C#N. The van der Waals surface area contributed by atoms with Crippen molar-refractivity contribution in [1.82, 2.24) is 4.90 Å². The molecule has 158 valence electrons. The lowest BCUT2D eigenvalue weighted by atomic mass is 9.92. The van der Waals surface area contributed by atoms with Gasteiger partial charge in [0.1, 0.15) is 6.07 Å². The molecular formula is C28H30N2O. The highest BCUT2D eigenvalue weighted by molar-refractivity contribution is 5.83. The Bertz CT molecular complexity index is 1080. The summed E-state index contributed by atoms with van der Waals surface area (Å²) in [5.74, 6) is 0. The molecule has 1 aliphatic heterocycles. The predicted molar refractivity (Wildman–Crippen MR) is 128 cm³/mol. The number of nitrogens with zero attached hydrogens (tertiary/aromatic N) is 2. The fourth-order valence-electron chi connectivity index (χ4n) is 4.32. The minimum absolute atomic E-state index is 0.745. The Kier molecular flexibility index (Phi) is 6.82. The Morgan fingerprint density at radius 3 is 2.58 bits per heavy atom. The maximum atomic E-state index is 9.87. The maximum Gasteiger partial charge on any atom is 0.100 e. The van der Waals surface area contributed by atoms with Crippen molar-refractivity contribution >= 4 is 17.7 Å². The van der Waals surface area contributed by atoms with Crippen LogP contribution in [0.15, 0.2) is 48.6 Å². The summed E-state index contributed by atoms with van der Waals surface area (Å²) in [5, 5.41) is 9.87. The summed E-state index contributed by atoms with van der Waals surface area (Å²) in [6.07, 6.45) is 12.9. The monoisotopic (exact) mass is 410 g/mol. The van der Waals surface area contributed by atoms with Gasteiger partial charge in [-0.2, -0.15) is 5.26 Å². The molecule has 0 unspecified atom stereocenters. The molecule has 0 atom stereocenters. The van der Waals surface area contributed by atoms with Crippen LogP contribution in [0.2, 0.25) is 0 Å². The normalized spacial score (nSPS) is 17.0. The first-order valence-corrected chi connectivity index (χ1v) is 11.1. The summed E-state index contributed by atoms with van der Waals surface area (Å²) in [5.41, 5.74) is 9.04. The molecule has 0 amide bonds. The van der Waals surface area contributed by atoms with E-state index in [0.717, 1.165) is 68.0 Å². The third kappa shape index (κ3) is 5.05. The lowest BCUT2D eigenvalue weighted by molar-refractivity contribution is 0.0341. The Balaban J connectivity index is 1.58. The molecule has 4 rings (SSSR count). The first-order valence-electron chi connectivity index (χ1n) is 11.1. The van der Waals surface area contributed by atoms with Gasteiger partial charge < -0.3 is 4.74 Å². The van der Waals surface area contributed by atoms with Crippen LogP contribution in [0.4, 0.5) is 0 Å². The lowest BCUT2D eigenvalue weighted by Crippen LogP contribution is -2.35. The van der Waals surface area contributed by atoms with E-state index in [-0.39, 0.29) is 0 Å². The average Bonchev–Trinajstić information content (AvgIpc) is 2.81. The maximum absolute atomic E-state index is 9.87. The topological polar surface area (TPSA) is 36.3 Å². The van der Waals surface area contributed by atoms with Crippen LogP contribution in [-0.2, 0) is 11.3 Å². The van der Waals surface area contributed by atoms with E-state index in [1.54, 1.807) is 0 Å². The summed E-state index contributed by atoms with van der Waals surface area (Å²) in [6, 6.07) is 13.1. The molecule has 1 heterocycles. The Hall–Kier alpha value is -2.93. The van der Waals surface area contributed by atoms with Gasteiger partial charge in [-0.05, 0) is 65.6 Å². The number of nitriles is 1. The molecule has 0 saturated carbocycles. The number of hydrogen-bond acceptors (Lipinski definition) is 3. The summed E-state index contributed by atoms with van der Waals surface area (Å²) >= 11 is 0. The number of allylic oxidation sites excluding steroid dienone is 4. The fourth-order valence-corrected chi connectivity index (χ4v) is 4.32. The summed E-state index contributed by atoms with van der Waals surface area (Å²) in [7, 11) is 0. The standard InChI is InChI=1S/C28H30N2O/c1-21-18-26(20-30-13-15-31-16-14-30)22(2)17-25(21)12-11-24-9-6-10-27(28(24)19-29)23-7-4-3-5-8-23/h4,6-12,17-18H,3,5,13-16,20H2,1-2H3/b12-11+. The van der Waals surface area contributed by atoms with Gasteiger partial charge in [0, 0.05) is 19.6 Å². The quantitative estimate of drug-likeness (QED) is 0.575. The van der Waals surface area contributed by atoms with Crippen molar-refractivity contribution in [3.8, 4) is 6.07 Å². The number of hydrogen-bond donors (Lipinski definition) is 0. The number of ether oxygens (including phenoxy) is 1. The third-order valence-corrected chi connectivity index (χ3v) is 6.18. The third-order valence-electron chi connectivity index (χ3n) is 6.18. The molecule has 3 nitrogen and oxygen atoms in total. The van der Waals surface area contributed by atoms with Crippen LogP contribution < -0.4 is 0 Å². The molecular weight excluding hydrogens is 380 g/mol. The van der Waals surface area contributed by atoms with E-state index < -0.39 is 0 Å².